The van der Waals surface area contributed by atoms with Crippen LogP contribution in [0.2, 0.25) is 0 Å². The van der Waals surface area contributed by atoms with Gasteiger partial charge in [-0.1, -0.05) is 32.9 Å². The van der Waals surface area contributed by atoms with Gasteiger partial charge in [-0.2, -0.15) is 5.10 Å². The van der Waals surface area contributed by atoms with Crippen molar-refractivity contribution in [2.45, 2.75) is 33.6 Å². The molecule has 1 saturated heterocycles. The van der Waals surface area contributed by atoms with E-state index in [1.165, 1.54) is 0 Å². The van der Waals surface area contributed by atoms with E-state index in [0.717, 1.165) is 54.4 Å². The van der Waals surface area contributed by atoms with Crippen LogP contribution in [0.4, 0.5) is 5.82 Å². The topological polar surface area (TPSA) is 63.1 Å². The molecule has 0 radical (unpaired) electrons. The molecular weight excluding hydrogens is 374 g/mol. The molecule has 158 valence electrons. The first-order valence-corrected chi connectivity index (χ1v) is 10.7. The minimum Gasteiger partial charge on any atom is -0.310 e. The van der Waals surface area contributed by atoms with Crippen LogP contribution in [0.3, 0.4) is 0 Å². The minimum absolute atomic E-state index is 0.0560. The quantitative estimate of drug-likeness (QED) is 0.702. The zero-order valence-electron chi connectivity index (χ0n) is 18.4. The summed E-state index contributed by atoms with van der Waals surface area (Å²) >= 11 is 0. The maximum absolute atomic E-state index is 12.8. The average molecular weight is 406 g/mol. The number of amides is 1. The van der Waals surface area contributed by atoms with Crippen LogP contribution >= 0.6 is 0 Å². The van der Waals surface area contributed by atoms with Crippen LogP contribution in [-0.4, -0.2) is 45.2 Å². The Hall–Kier alpha value is -2.73. The molecule has 0 saturated carbocycles. The Kier molecular flexibility index (Phi) is 5.60. The van der Waals surface area contributed by atoms with Gasteiger partial charge in [0.05, 0.1) is 6.20 Å². The second-order valence-electron chi connectivity index (χ2n) is 9.63. The van der Waals surface area contributed by atoms with E-state index in [1.54, 1.807) is 4.68 Å². The lowest BCUT2D eigenvalue weighted by Crippen LogP contribution is -2.41. The fourth-order valence-electron chi connectivity index (χ4n) is 4.21. The number of nitrogens with one attached hydrogen (secondary N) is 1. The lowest BCUT2D eigenvalue weighted by atomic mass is 9.91. The van der Waals surface area contributed by atoms with Crippen molar-refractivity contribution < 1.29 is 4.79 Å². The molecule has 0 unspecified atom stereocenters. The molecule has 3 heterocycles. The second-order valence-corrected chi connectivity index (χ2v) is 9.63. The molecule has 4 rings (SSSR count). The zero-order chi connectivity index (χ0) is 21.3. The van der Waals surface area contributed by atoms with Gasteiger partial charge in [0.1, 0.15) is 5.82 Å². The van der Waals surface area contributed by atoms with E-state index in [2.05, 4.69) is 59.3 Å². The summed E-state index contributed by atoms with van der Waals surface area (Å²) < 4.78 is 1.80. The minimum atomic E-state index is 0.0560. The van der Waals surface area contributed by atoms with Crippen molar-refractivity contribution in [1.29, 1.82) is 0 Å². The molecule has 0 bridgehead atoms. The summed E-state index contributed by atoms with van der Waals surface area (Å²) in [6.45, 7) is 9.82. The molecule has 1 amide bonds. The predicted octanol–water partition coefficient (Wildman–Crippen LogP) is 4.33. The van der Waals surface area contributed by atoms with Crippen molar-refractivity contribution in [1.82, 2.24) is 19.7 Å². The normalized spacial score (nSPS) is 16.1. The number of pyridine rings is 1. The number of carbonyl (C=O) groups is 1. The molecule has 0 atom stereocenters. The highest BCUT2D eigenvalue weighted by molar-refractivity contribution is 5.95. The van der Waals surface area contributed by atoms with Gasteiger partial charge in [-0.15, -0.1) is 0 Å². The molecular formula is C24H31N5O. The fraction of sp³-hybridized carbons (Fsp3) is 0.458. The first-order chi connectivity index (χ1) is 14.3. The number of likely N-dealkylation sites (tertiary alicyclic amines) is 1. The van der Waals surface area contributed by atoms with Crippen LogP contribution in [0.5, 0.6) is 0 Å². The van der Waals surface area contributed by atoms with E-state index in [4.69, 9.17) is 0 Å². The molecule has 30 heavy (non-hydrogen) atoms. The van der Waals surface area contributed by atoms with E-state index in [-0.39, 0.29) is 11.8 Å². The summed E-state index contributed by atoms with van der Waals surface area (Å²) in [5.74, 6) is 0.758. The third-order valence-corrected chi connectivity index (χ3v) is 5.67. The molecule has 0 aliphatic carbocycles. The van der Waals surface area contributed by atoms with Gasteiger partial charge in [0.25, 0.3) is 0 Å². The molecule has 6 heteroatoms. The van der Waals surface area contributed by atoms with Crippen molar-refractivity contribution >= 4 is 22.5 Å². The van der Waals surface area contributed by atoms with Crippen LogP contribution in [-0.2, 0) is 11.8 Å². The summed E-state index contributed by atoms with van der Waals surface area (Å²) in [5.41, 5.74) is 2.47. The Morgan fingerprint density at radius 1 is 1.10 bits per heavy atom. The van der Waals surface area contributed by atoms with Gasteiger partial charge < -0.3 is 10.2 Å². The number of fused-ring (bicyclic) bond motifs is 1. The van der Waals surface area contributed by atoms with Gasteiger partial charge in [0.15, 0.2) is 0 Å². The lowest BCUT2D eigenvalue weighted by molar-refractivity contribution is -0.121. The number of hydrogen-bond donors (Lipinski definition) is 1. The standard InChI is InChI=1S/C24H31N5O/c1-24(2,3)16-29-9-7-17(8-10-29)23(30)27-22-12-20-11-18(5-6-19(20)13-25-22)21-14-26-28(4)15-21/h5-6,11-15,17H,7-10,16H2,1-4H3,(H,25,27,30). The summed E-state index contributed by atoms with van der Waals surface area (Å²) in [6.07, 6.45) is 7.49. The summed E-state index contributed by atoms with van der Waals surface area (Å²) in [6, 6.07) is 8.21. The molecule has 2 aromatic heterocycles. The first-order valence-electron chi connectivity index (χ1n) is 10.7. The van der Waals surface area contributed by atoms with E-state index < -0.39 is 0 Å². The smallest absolute Gasteiger partial charge is 0.228 e. The van der Waals surface area contributed by atoms with Crippen molar-refractivity contribution in [3.05, 3.63) is 42.9 Å². The molecule has 1 aromatic carbocycles. The van der Waals surface area contributed by atoms with Crippen molar-refractivity contribution in [2.24, 2.45) is 18.4 Å². The molecule has 6 nitrogen and oxygen atoms in total. The largest absolute Gasteiger partial charge is 0.310 e. The third kappa shape index (κ3) is 4.87. The van der Waals surface area contributed by atoms with E-state index >= 15 is 0 Å². The predicted molar refractivity (Wildman–Crippen MR) is 121 cm³/mol. The molecule has 1 N–H and O–H groups in total. The maximum atomic E-state index is 12.8. The van der Waals surface area contributed by atoms with E-state index in [1.807, 2.05) is 31.7 Å². The van der Waals surface area contributed by atoms with Crippen molar-refractivity contribution in [2.75, 3.05) is 25.0 Å². The number of aromatic nitrogens is 3. The fourth-order valence-corrected chi connectivity index (χ4v) is 4.21. The Balaban J connectivity index is 1.43. The molecule has 1 fully saturated rings. The lowest BCUT2D eigenvalue weighted by Gasteiger charge is -2.35. The van der Waals surface area contributed by atoms with E-state index in [0.29, 0.717) is 11.2 Å². The van der Waals surface area contributed by atoms with Gasteiger partial charge in [0, 0.05) is 42.9 Å². The highest BCUT2D eigenvalue weighted by Crippen LogP contribution is 2.26. The summed E-state index contributed by atoms with van der Waals surface area (Å²) in [7, 11) is 1.91. The Bertz CT molecular complexity index is 1040. The third-order valence-electron chi connectivity index (χ3n) is 5.67. The van der Waals surface area contributed by atoms with Gasteiger partial charge in [0.2, 0.25) is 5.91 Å². The van der Waals surface area contributed by atoms with Crippen LogP contribution in [0, 0.1) is 11.3 Å². The number of rotatable bonds is 4. The number of nitrogens with zero attached hydrogens (tertiary/aromatic N) is 4. The van der Waals surface area contributed by atoms with Crippen molar-refractivity contribution in [3.63, 3.8) is 0 Å². The zero-order valence-corrected chi connectivity index (χ0v) is 18.4. The maximum Gasteiger partial charge on any atom is 0.228 e. The summed E-state index contributed by atoms with van der Waals surface area (Å²) in [5, 5.41) is 9.40. The Morgan fingerprint density at radius 3 is 2.53 bits per heavy atom. The first kappa shape index (κ1) is 20.5. The van der Waals surface area contributed by atoms with Gasteiger partial charge in [-0.25, -0.2) is 4.98 Å². The van der Waals surface area contributed by atoms with Gasteiger partial charge in [-0.05, 0) is 54.4 Å². The Morgan fingerprint density at radius 2 is 1.87 bits per heavy atom. The number of piperidine rings is 1. The highest BCUT2D eigenvalue weighted by atomic mass is 16.1. The van der Waals surface area contributed by atoms with Gasteiger partial charge >= 0.3 is 0 Å². The number of aryl methyl sites for hydroxylation is 1. The van der Waals surface area contributed by atoms with Crippen molar-refractivity contribution in [3.8, 4) is 11.1 Å². The average Bonchev–Trinajstić information content (AvgIpc) is 3.13. The number of hydrogen-bond acceptors (Lipinski definition) is 4. The number of carbonyl (C=O) groups excluding carboxylic acids is 1. The van der Waals surface area contributed by atoms with Crippen LogP contribution in [0.25, 0.3) is 21.9 Å². The molecule has 1 aliphatic rings. The van der Waals surface area contributed by atoms with Gasteiger partial charge in [-0.3, -0.25) is 9.48 Å². The van der Waals surface area contributed by atoms with E-state index in [9.17, 15) is 4.79 Å². The SMILES string of the molecule is Cn1cc(-c2ccc3cnc(NC(=O)C4CCN(CC(C)(C)C)CC4)cc3c2)cn1. The number of benzene rings is 1. The molecule has 1 aliphatic heterocycles. The number of anilines is 1. The molecule has 0 spiro atoms. The van der Waals surface area contributed by atoms with Crippen LogP contribution in [0.15, 0.2) is 42.9 Å². The Labute approximate surface area is 178 Å². The monoisotopic (exact) mass is 405 g/mol. The summed E-state index contributed by atoms with van der Waals surface area (Å²) in [4.78, 5) is 19.7. The van der Waals surface area contributed by atoms with Crippen LogP contribution in [0.1, 0.15) is 33.6 Å². The van der Waals surface area contributed by atoms with Crippen LogP contribution < -0.4 is 5.32 Å². The molecule has 3 aromatic rings. The highest BCUT2D eigenvalue weighted by Gasteiger charge is 2.27. The second kappa shape index (κ2) is 8.19.